The topological polar surface area (TPSA) is 32.3 Å². The Hall–Kier alpha value is -0.0800. The average Bonchev–Trinajstić information content (AvgIpc) is 2.31. The van der Waals surface area contributed by atoms with E-state index in [2.05, 4.69) is 19.2 Å². The van der Waals surface area contributed by atoms with Crippen molar-refractivity contribution in [3.05, 3.63) is 0 Å². The predicted octanol–water partition coefficient (Wildman–Crippen LogP) is 3.10. The number of rotatable bonds is 7. The second-order valence-corrected chi connectivity index (χ2v) is 5.28. The molecule has 0 bridgehead atoms. The maximum absolute atomic E-state index is 9.87. The zero-order valence-corrected chi connectivity index (χ0v) is 11.0. The lowest BCUT2D eigenvalue weighted by Gasteiger charge is -2.30. The summed E-state index contributed by atoms with van der Waals surface area (Å²) in [5.41, 5.74) is 0. The summed E-state index contributed by atoms with van der Waals surface area (Å²) in [5.74, 6) is 0.800. The SMILES string of the molecule is CCCCC(CC)CN[C@H]1CCCC[C@@H]1O. The normalized spacial score (nSPS) is 27.9. The van der Waals surface area contributed by atoms with Gasteiger partial charge >= 0.3 is 0 Å². The standard InChI is InChI=1S/C14H29NO/c1-3-5-8-12(4-2)11-15-13-9-6-7-10-14(13)16/h12-16H,3-11H2,1-2H3/t12?,13-,14-/m0/s1. The van der Waals surface area contributed by atoms with E-state index in [-0.39, 0.29) is 6.10 Å². The first kappa shape index (κ1) is 14.0. The Morgan fingerprint density at radius 1 is 1.25 bits per heavy atom. The van der Waals surface area contributed by atoms with Gasteiger partial charge in [-0.05, 0) is 31.7 Å². The van der Waals surface area contributed by atoms with Crippen molar-refractivity contribution in [3.8, 4) is 0 Å². The van der Waals surface area contributed by atoms with Gasteiger partial charge in [0.2, 0.25) is 0 Å². The van der Waals surface area contributed by atoms with E-state index in [4.69, 9.17) is 0 Å². The summed E-state index contributed by atoms with van der Waals surface area (Å²) in [6, 6.07) is 0.365. The van der Waals surface area contributed by atoms with Gasteiger partial charge in [0.15, 0.2) is 0 Å². The number of unbranched alkanes of at least 4 members (excludes halogenated alkanes) is 1. The van der Waals surface area contributed by atoms with Gasteiger partial charge in [0.1, 0.15) is 0 Å². The molecule has 1 fully saturated rings. The Morgan fingerprint density at radius 2 is 2.00 bits per heavy atom. The Morgan fingerprint density at radius 3 is 2.62 bits per heavy atom. The molecule has 16 heavy (non-hydrogen) atoms. The molecule has 2 nitrogen and oxygen atoms in total. The van der Waals surface area contributed by atoms with Crippen LogP contribution in [0.4, 0.5) is 0 Å². The minimum absolute atomic E-state index is 0.0996. The lowest BCUT2D eigenvalue weighted by molar-refractivity contribution is 0.0884. The third kappa shape index (κ3) is 4.84. The maximum Gasteiger partial charge on any atom is 0.0693 e. The van der Waals surface area contributed by atoms with E-state index in [1.165, 1.54) is 38.5 Å². The summed E-state index contributed by atoms with van der Waals surface area (Å²) >= 11 is 0. The van der Waals surface area contributed by atoms with Crippen LogP contribution < -0.4 is 5.32 Å². The molecule has 1 unspecified atom stereocenters. The zero-order valence-electron chi connectivity index (χ0n) is 11.0. The molecule has 2 N–H and O–H groups in total. The smallest absolute Gasteiger partial charge is 0.0693 e. The van der Waals surface area contributed by atoms with Gasteiger partial charge in [0, 0.05) is 6.04 Å². The number of nitrogens with one attached hydrogen (secondary N) is 1. The van der Waals surface area contributed by atoms with Gasteiger partial charge in [-0.3, -0.25) is 0 Å². The summed E-state index contributed by atoms with van der Waals surface area (Å²) in [7, 11) is 0. The van der Waals surface area contributed by atoms with E-state index >= 15 is 0 Å². The largest absolute Gasteiger partial charge is 0.392 e. The molecule has 0 spiro atoms. The van der Waals surface area contributed by atoms with Gasteiger partial charge in [-0.2, -0.15) is 0 Å². The third-order valence-electron chi connectivity index (χ3n) is 3.94. The van der Waals surface area contributed by atoms with E-state index in [0.29, 0.717) is 6.04 Å². The lowest BCUT2D eigenvalue weighted by atomic mass is 9.91. The van der Waals surface area contributed by atoms with Crippen LogP contribution in [0.2, 0.25) is 0 Å². The van der Waals surface area contributed by atoms with Crippen LogP contribution >= 0.6 is 0 Å². The van der Waals surface area contributed by atoms with Crippen molar-refractivity contribution < 1.29 is 5.11 Å². The molecule has 0 aromatic heterocycles. The number of aliphatic hydroxyl groups is 1. The van der Waals surface area contributed by atoms with E-state index < -0.39 is 0 Å². The number of hydrogen-bond donors (Lipinski definition) is 2. The Balaban J connectivity index is 2.19. The highest BCUT2D eigenvalue weighted by Gasteiger charge is 2.22. The molecule has 2 heteroatoms. The second-order valence-electron chi connectivity index (χ2n) is 5.28. The highest BCUT2D eigenvalue weighted by Crippen LogP contribution is 2.19. The Bertz CT molecular complexity index is 172. The van der Waals surface area contributed by atoms with Crippen molar-refractivity contribution in [2.24, 2.45) is 5.92 Å². The fourth-order valence-corrected chi connectivity index (χ4v) is 2.61. The van der Waals surface area contributed by atoms with Crippen LogP contribution in [0, 0.1) is 5.92 Å². The molecular formula is C14H29NO. The molecule has 0 aromatic rings. The van der Waals surface area contributed by atoms with E-state index in [1.54, 1.807) is 0 Å². The minimum atomic E-state index is -0.0996. The molecule has 1 aliphatic rings. The van der Waals surface area contributed by atoms with E-state index in [1.807, 2.05) is 0 Å². The Kier molecular flexibility index (Phi) is 7.06. The minimum Gasteiger partial charge on any atom is -0.392 e. The van der Waals surface area contributed by atoms with Gasteiger partial charge in [0.25, 0.3) is 0 Å². The molecule has 0 aromatic carbocycles. The van der Waals surface area contributed by atoms with Crippen LogP contribution in [0.5, 0.6) is 0 Å². The van der Waals surface area contributed by atoms with Crippen LogP contribution in [-0.4, -0.2) is 23.8 Å². The highest BCUT2D eigenvalue weighted by atomic mass is 16.3. The summed E-state index contributed by atoms with van der Waals surface area (Å²) in [6.45, 7) is 5.63. The van der Waals surface area contributed by atoms with E-state index in [9.17, 15) is 5.11 Å². The van der Waals surface area contributed by atoms with Crippen molar-refractivity contribution >= 4 is 0 Å². The first-order chi connectivity index (χ1) is 7.77. The lowest BCUT2D eigenvalue weighted by Crippen LogP contribution is -2.43. The van der Waals surface area contributed by atoms with Crippen LogP contribution in [-0.2, 0) is 0 Å². The van der Waals surface area contributed by atoms with Crippen LogP contribution in [0.25, 0.3) is 0 Å². The van der Waals surface area contributed by atoms with Crippen molar-refractivity contribution in [3.63, 3.8) is 0 Å². The van der Waals surface area contributed by atoms with Crippen LogP contribution in [0.1, 0.15) is 65.2 Å². The van der Waals surface area contributed by atoms with Crippen LogP contribution in [0.15, 0.2) is 0 Å². The quantitative estimate of drug-likeness (QED) is 0.700. The first-order valence-electron chi connectivity index (χ1n) is 7.19. The zero-order chi connectivity index (χ0) is 11.8. The third-order valence-corrected chi connectivity index (χ3v) is 3.94. The molecule has 3 atom stereocenters. The summed E-state index contributed by atoms with van der Waals surface area (Å²) < 4.78 is 0. The average molecular weight is 227 g/mol. The fourth-order valence-electron chi connectivity index (χ4n) is 2.61. The van der Waals surface area contributed by atoms with E-state index in [0.717, 1.165) is 25.3 Å². The molecule has 1 rings (SSSR count). The summed E-state index contributed by atoms with van der Waals surface area (Å²) in [4.78, 5) is 0. The van der Waals surface area contributed by atoms with Crippen molar-refractivity contribution in [2.75, 3.05) is 6.54 Å². The first-order valence-corrected chi connectivity index (χ1v) is 7.19. The second kappa shape index (κ2) is 8.08. The fraction of sp³-hybridized carbons (Fsp3) is 1.00. The molecule has 1 saturated carbocycles. The summed E-state index contributed by atoms with van der Waals surface area (Å²) in [6.07, 6.45) is 9.76. The van der Waals surface area contributed by atoms with Crippen molar-refractivity contribution in [1.82, 2.24) is 5.32 Å². The summed E-state index contributed by atoms with van der Waals surface area (Å²) in [5, 5.41) is 13.4. The van der Waals surface area contributed by atoms with Crippen molar-refractivity contribution in [2.45, 2.75) is 77.4 Å². The Labute approximate surface area is 101 Å². The molecule has 0 heterocycles. The number of aliphatic hydroxyl groups excluding tert-OH is 1. The van der Waals surface area contributed by atoms with Crippen LogP contribution in [0.3, 0.4) is 0 Å². The molecule has 0 saturated heterocycles. The van der Waals surface area contributed by atoms with Gasteiger partial charge in [-0.1, -0.05) is 46.0 Å². The van der Waals surface area contributed by atoms with Gasteiger partial charge in [-0.25, -0.2) is 0 Å². The van der Waals surface area contributed by atoms with Crippen molar-refractivity contribution in [1.29, 1.82) is 0 Å². The molecule has 0 amide bonds. The van der Waals surface area contributed by atoms with Gasteiger partial charge in [0.05, 0.1) is 6.10 Å². The maximum atomic E-state index is 9.87. The highest BCUT2D eigenvalue weighted by molar-refractivity contribution is 4.81. The molecule has 0 radical (unpaired) electrons. The van der Waals surface area contributed by atoms with Gasteiger partial charge < -0.3 is 10.4 Å². The molecule has 0 aliphatic heterocycles. The molecular weight excluding hydrogens is 198 g/mol. The van der Waals surface area contributed by atoms with Gasteiger partial charge in [-0.15, -0.1) is 0 Å². The molecule has 1 aliphatic carbocycles. The monoisotopic (exact) mass is 227 g/mol. The molecule has 96 valence electrons. The number of hydrogen-bond acceptors (Lipinski definition) is 2. The predicted molar refractivity (Wildman–Crippen MR) is 69.6 cm³/mol.